The van der Waals surface area contributed by atoms with Gasteiger partial charge in [0.25, 0.3) is 10.0 Å². The van der Waals surface area contributed by atoms with Crippen molar-refractivity contribution in [2.75, 3.05) is 24.3 Å². The summed E-state index contributed by atoms with van der Waals surface area (Å²) in [4.78, 5) is 12.4. The molecule has 0 saturated heterocycles. The molecule has 3 aromatic carbocycles. The van der Waals surface area contributed by atoms with E-state index in [2.05, 4.69) is 10.0 Å². The SMILES string of the molecule is COc1ccc(NS(=O)(=O)c2ccc(OC)c(NC(=O)/C=C/c3ccccc3Cl)c2)cc1. The molecule has 3 rings (SSSR count). The summed E-state index contributed by atoms with van der Waals surface area (Å²) in [5.74, 6) is 0.445. The first-order valence-corrected chi connectivity index (χ1v) is 11.3. The lowest BCUT2D eigenvalue weighted by Crippen LogP contribution is -2.14. The summed E-state index contributed by atoms with van der Waals surface area (Å²) in [6.45, 7) is 0. The fourth-order valence-corrected chi connectivity index (χ4v) is 4.06. The fraction of sp³-hybridized carbons (Fsp3) is 0.0870. The van der Waals surface area contributed by atoms with Gasteiger partial charge in [0.05, 0.1) is 24.8 Å². The number of anilines is 2. The molecule has 0 aliphatic heterocycles. The first-order chi connectivity index (χ1) is 15.3. The molecule has 32 heavy (non-hydrogen) atoms. The number of sulfonamides is 1. The Labute approximate surface area is 191 Å². The maximum absolute atomic E-state index is 12.8. The molecule has 9 heteroatoms. The first-order valence-electron chi connectivity index (χ1n) is 9.41. The minimum absolute atomic E-state index is 0.0421. The molecule has 0 atom stereocenters. The van der Waals surface area contributed by atoms with Crippen molar-refractivity contribution >= 4 is 45.0 Å². The summed E-state index contributed by atoms with van der Waals surface area (Å²) < 4.78 is 38.4. The van der Waals surface area contributed by atoms with Crippen LogP contribution in [0, 0.1) is 0 Å². The Morgan fingerprint density at radius 1 is 0.969 bits per heavy atom. The summed E-state index contributed by atoms with van der Waals surface area (Å²) in [7, 11) is -0.961. The van der Waals surface area contributed by atoms with Crippen LogP contribution in [-0.4, -0.2) is 28.5 Å². The molecule has 2 N–H and O–H groups in total. The van der Waals surface area contributed by atoms with E-state index in [1.807, 2.05) is 0 Å². The van der Waals surface area contributed by atoms with Crippen molar-refractivity contribution in [3.8, 4) is 11.5 Å². The summed E-state index contributed by atoms with van der Waals surface area (Å²) in [5, 5.41) is 3.15. The zero-order valence-corrected chi connectivity index (χ0v) is 18.9. The van der Waals surface area contributed by atoms with Crippen LogP contribution in [0.5, 0.6) is 11.5 Å². The zero-order valence-electron chi connectivity index (χ0n) is 17.3. The largest absolute Gasteiger partial charge is 0.497 e. The molecule has 0 unspecified atom stereocenters. The maximum Gasteiger partial charge on any atom is 0.261 e. The number of carbonyl (C=O) groups excluding carboxylic acids is 1. The third kappa shape index (κ3) is 5.81. The Morgan fingerprint density at radius 2 is 1.69 bits per heavy atom. The van der Waals surface area contributed by atoms with Crippen LogP contribution in [0.25, 0.3) is 6.08 Å². The van der Waals surface area contributed by atoms with Gasteiger partial charge < -0.3 is 14.8 Å². The van der Waals surface area contributed by atoms with E-state index in [0.29, 0.717) is 27.8 Å². The number of hydrogen-bond acceptors (Lipinski definition) is 5. The van der Waals surface area contributed by atoms with Gasteiger partial charge >= 0.3 is 0 Å². The van der Waals surface area contributed by atoms with Gasteiger partial charge in [-0.25, -0.2) is 8.42 Å². The molecule has 0 aliphatic rings. The number of carbonyl (C=O) groups is 1. The van der Waals surface area contributed by atoms with Crippen molar-refractivity contribution in [1.29, 1.82) is 0 Å². The van der Waals surface area contributed by atoms with Crippen LogP contribution in [-0.2, 0) is 14.8 Å². The van der Waals surface area contributed by atoms with Crippen LogP contribution in [0.3, 0.4) is 0 Å². The van der Waals surface area contributed by atoms with Gasteiger partial charge in [-0.15, -0.1) is 0 Å². The van der Waals surface area contributed by atoms with E-state index in [1.165, 1.54) is 38.5 Å². The maximum atomic E-state index is 12.8. The number of benzene rings is 3. The van der Waals surface area contributed by atoms with E-state index in [9.17, 15) is 13.2 Å². The third-order valence-electron chi connectivity index (χ3n) is 4.40. The monoisotopic (exact) mass is 472 g/mol. The Morgan fingerprint density at radius 3 is 2.34 bits per heavy atom. The molecule has 7 nitrogen and oxygen atoms in total. The van der Waals surface area contributed by atoms with Crippen molar-refractivity contribution in [2.45, 2.75) is 4.90 Å². The van der Waals surface area contributed by atoms with E-state index in [1.54, 1.807) is 54.6 Å². The summed E-state index contributed by atoms with van der Waals surface area (Å²) in [6.07, 6.45) is 2.87. The second-order valence-electron chi connectivity index (χ2n) is 6.54. The number of nitrogens with one attached hydrogen (secondary N) is 2. The van der Waals surface area contributed by atoms with Gasteiger partial charge in [-0.05, 0) is 60.2 Å². The van der Waals surface area contributed by atoms with Crippen LogP contribution in [0.2, 0.25) is 5.02 Å². The second kappa shape index (κ2) is 10.2. The number of halogens is 1. The van der Waals surface area contributed by atoms with Gasteiger partial charge in [-0.2, -0.15) is 0 Å². The van der Waals surface area contributed by atoms with Crippen LogP contribution < -0.4 is 19.5 Å². The topological polar surface area (TPSA) is 93.7 Å². The Bertz CT molecular complexity index is 1240. The van der Waals surface area contributed by atoms with Crippen molar-refractivity contribution < 1.29 is 22.7 Å². The third-order valence-corrected chi connectivity index (χ3v) is 6.12. The molecule has 0 fully saturated rings. The molecule has 0 spiro atoms. The number of hydrogen-bond donors (Lipinski definition) is 2. The fourth-order valence-electron chi connectivity index (χ4n) is 2.78. The highest BCUT2D eigenvalue weighted by molar-refractivity contribution is 7.92. The predicted octanol–water partition coefficient (Wildman–Crippen LogP) is 4.81. The van der Waals surface area contributed by atoms with Gasteiger partial charge in [0, 0.05) is 16.8 Å². The van der Waals surface area contributed by atoms with Crippen LogP contribution >= 0.6 is 11.6 Å². The molecule has 3 aromatic rings. The average molecular weight is 473 g/mol. The van der Waals surface area contributed by atoms with E-state index in [4.69, 9.17) is 21.1 Å². The second-order valence-corrected chi connectivity index (χ2v) is 8.63. The average Bonchev–Trinajstić information content (AvgIpc) is 2.79. The normalized spacial score (nSPS) is 11.2. The van der Waals surface area contributed by atoms with Gasteiger partial charge in [0.1, 0.15) is 11.5 Å². The zero-order chi connectivity index (χ0) is 23.1. The molecular formula is C23H21ClN2O5S. The van der Waals surface area contributed by atoms with Crippen molar-refractivity contribution in [3.05, 3.63) is 83.4 Å². The van der Waals surface area contributed by atoms with Crippen LogP contribution in [0.15, 0.2) is 77.7 Å². The molecular weight excluding hydrogens is 452 g/mol. The Kier molecular flexibility index (Phi) is 7.40. The summed E-state index contributed by atoms with van der Waals surface area (Å²) in [6, 6.07) is 17.7. The Balaban J connectivity index is 1.81. The van der Waals surface area contributed by atoms with Gasteiger partial charge in [0.2, 0.25) is 5.91 Å². The quantitative estimate of drug-likeness (QED) is 0.459. The van der Waals surface area contributed by atoms with Crippen molar-refractivity contribution in [3.63, 3.8) is 0 Å². The van der Waals surface area contributed by atoms with Crippen LogP contribution in [0.4, 0.5) is 11.4 Å². The highest BCUT2D eigenvalue weighted by Crippen LogP contribution is 2.29. The van der Waals surface area contributed by atoms with E-state index in [0.717, 1.165) is 0 Å². The summed E-state index contributed by atoms with van der Waals surface area (Å²) >= 11 is 6.09. The van der Waals surface area contributed by atoms with E-state index >= 15 is 0 Å². The molecule has 0 aromatic heterocycles. The highest BCUT2D eigenvalue weighted by Gasteiger charge is 2.17. The number of methoxy groups -OCH3 is 2. The number of amides is 1. The minimum atomic E-state index is -3.91. The molecule has 0 saturated carbocycles. The lowest BCUT2D eigenvalue weighted by molar-refractivity contribution is -0.111. The molecule has 0 aliphatic carbocycles. The molecule has 0 heterocycles. The lowest BCUT2D eigenvalue weighted by atomic mass is 10.2. The van der Waals surface area contributed by atoms with Gasteiger partial charge in [-0.1, -0.05) is 29.8 Å². The molecule has 0 radical (unpaired) electrons. The summed E-state index contributed by atoms with van der Waals surface area (Å²) in [5.41, 5.74) is 1.25. The van der Waals surface area contributed by atoms with Crippen LogP contribution in [0.1, 0.15) is 5.56 Å². The van der Waals surface area contributed by atoms with E-state index in [-0.39, 0.29) is 10.6 Å². The minimum Gasteiger partial charge on any atom is -0.497 e. The standard InChI is InChI=1S/C23H21ClN2O5S/c1-30-18-10-8-17(9-11-18)26-32(28,29)19-12-13-22(31-2)21(15-19)25-23(27)14-7-16-5-3-4-6-20(16)24/h3-15,26H,1-2H3,(H,25,27)/b14-7+. The van der Waals surface area contributed by atoms with Gasteiger partial charge in [-0.3, -0.25) is 9.52 Å². The number of rotatable bonds is 8. The lowest BCUT2D eigenvalue weighted by Gasteiger charge is -2.13. The Hall–Kier alpha value is -3.49. The van der Waals surface area contributed by atoms with Crippen molar-refractivity contribution in [1.82, 2.24) is 0 Å². The number of ether oxygens (including phenoxy) is 2. The predicted molar refractivity (Wildman–Crippen MR) is 126 cm³/mol. The smallest absolute Gasteiger partial charge is 0.261 e. The molecule has 1 amide bonds. The van der Waals surface area contributed by atoms with E-state index < -0.39 is 15.9 Å². The van der Waals surface area contributed by atoms with Gasteiger partial charge in [0.15, 0.2) is 0 Å². The highest BCUT2D eigenvalue weighted by atomic mass is 35.5. The molecule has 0 bridgehead atoms. The first kappa shape index (κ1) is 23.2. The van der Waals surface area contributed by atoms with Crippen molar-refractivity contribution in [2.24, 2.45) is 0 Å². The molecule has 166 valence electrons.